The van der Waals surface area contributed by atoms with Crippen molar-refractivity contribution in [3.63, 3.8) is 0 Å². The van der Waals surface area contributed by atoms with Crippen LogP contribution in [0.5, 0.6) is 0 Å². The number of nitrogens with one attached hydrogen (secondary N) is 1. The number of likely N-dealkylation sites (N-methyl/N-ethyl adjacent to an activating group) is 2. The Hall–Kier alpha value is -1.09. The molecule has 0 saturated carbocycles. The molecule has 0 fully saturated rings. The molecule has 0 aromatic rings. The van der Waals surface area contributed by atoms with Crippen LogP contribution in [0.1, 0.15) is 20.8 Å². The number of hydrogen-bond donors (Lipinski definition) is 1. The standard InChI is InChI=1S/C11H20N3.C2H6/c1-5-7-11(10-13-4)14(6-2)9-8-12-3;1-2/h5,7,10,12H,1,4,6,8-9H2,2-3H3;1-2H3/b11-7+,13-10?;. The topological polar surface area (TPSA) is 27.6 Å². The zero-order valence-electron chi connectivity index (χ0n) is 11.2. The van der Waals surface area contributed by atoms with Crippen LogP contribution in [0.3, 0.4) is 0 Å². The molecule has 1 radical (unpaired) electrons. The highest BCUT2D eigenvalue weighted by Crippen LogP contribution is 2.01. The van der Waals surface area contributed by atoms with Gasteiger partial charge in [-0.15, -0.1) is 0 Å². The van der Waals surface area contributed by atoms with E-state index in [1.165, 1.54) is 0 Å². The van der Waals surface area contributed by atoms with Gasteiger partial charge in [0.25, 0.3) is 0 Å². The molecule has 0 aliphatic rings. The lowest BCUT2D eigenvalue weighted by molar-refractivity contribution is 0.381. The van der Waals surface area contributed by atoms with Gasteiger partial charge in [0.15, 0.2) is 0 Å². The van der Waals surface area contributed by atoms with E-state index in [4.69, 9.17) is 0 Å². The Kier molecular flexibility index (Phi) is 15.0. The molecule has 16 heavy (non-hydrogen) atoms. The minimum Gasteiger partial charge on any atom is -0.369 e. The first-order valence-corrected chi connectivity index (χ1v) is 5.81. The third-order valence-electron chi connectivity index (χ3n) is 1.89. The Morgan fingerprint density at radius 2 is 2.06 bits per heavy atom. The SMILES string of the molecule is CC.[CH2]N=C/C(=C\C=C)N(CC)CCNC. The zero-order chi connectivity index (χ0) is 12.8. The van der Waals surface area contributed by atoms with Gasteiger partial charge in [-0.1, -0.05) is 26.5 Å². The second-order valence-corrected chi connectivity index (χ2v) is 2.82. The number of rotatable bonds is 7. The van der Waals surface area contributed by atoms with Crippen LogP contribution in [-0.4, -0.2) is 37.8 Å². The molecule has 0 aromatic carbocycles. The van der Waals surface area contributed by atoms with Crippen LogP contribution in [0.15, 0.2) is 29.4 Å². The summed E-state index contributed by atoms with van der Waals surface area (Å²) in [5, 5.41) is 3.12. The van der Waals surface area contributed by atoms with Crippen molar-refractivity contribution in [2.45, 2.75) is 20.8 Å². The molecule has 0 aromatic heterocycles. The highest BCUT2D eigenvalue weighted by molar-refractivity contribution is 5.78. The second-order valence-electron chi connectivity index (χ2n) is 2.82. The van der Waals surface area contributed by atoms with Crippen molar-refractivity contribution in [2.24, 2.45) is 4.99 Å². The zero-order valence-corrected chi connectivity index (χ0v) is 11.2. The number of aliphatic imine (C=N–C) groups is 1. The minimum atomic E-state index is 0.952. The Morgan fingerprint density at radius 1 is 1.44 bits per heavy atom. The summed E-state index contributed by atoms with van der Waals surface area (Å²) < 4.78 is 0. The number of hydrogen-bond acceptors (Lipinski definition) is 3. The predicted molar refractivity (Wildman–Crippen MR) is 74.7 cm³/mol. The molecule has 0 amide bonds. The molecular formula is C13H26N3. The first kappa shape index (κ1) is 17.3. The van der Waals surface area contributed by atoms with E-state index >= 15 is 0 Å². The van der Waals surface area contributed by atoms with Crippen molar-refractivity contribution < 1.29 is 0 Å². The third kappa shape index (κ3) is 8.24. The minimum absolute atomic E-state index is 0.952. The smallest absolute Gasteiger partial charge is 0.0586 e. The van der Waals surface area contributed by atoms with Crippen molar-refractivity contribution in [2.75, 3.05) is 26.7 Å². The van der Waals surface area contributed by atoms with Gasteiger partial charge in [-0.2, -0.15) is 0 Å². The maximum atomic E-state index is 3.78. The lowest BCUT2D eigenvalue weighted by atomic mass is 10.3. The van der Waals surface area contributed by atoms with Crippen molar-refractivity contribution in [1.29, 1.82) is 0 Å². The lowest BCUT2D eigenvalue weighted by Gasteiger charge is -2.23. The Balaban J connectivity index is 0. The van der Waals surface area contributed by atoms with Crippen LogP contribution < -0.4 is 5.32 Å². The van der Waals surface area contributed by atoms with Crippen LogP contribution in [-0.2, 0) is 0 Å². The molecule has 0 atom stereocenters. The molecule has 3 nitrogen and oxygen atoms in total. The summed E-state index contributed by atoms with van der Waals surface area (Å²) in [4.78, 5) is 5.99. The predicted octanol–water partition coefficient (Wildman–Crippen LogP) is 2.49. The van der Waals surface area contributed by atoms with Crippen molar-refractivity contribution in [1.82, 2.24) is 10.2 Å². The molecular weight excluding hydrogens is 198 g/mol. The highest BCUT2D eigenvalue weighted by Gasteiger charge is 2.02. The molecule has 0 spiro atoms. The van der Waals surface area contributed by atoms with Gasteiger partial charge in [0.05, 0.1) is 12.7 Å². The van der Waals surface area contributed by atoms with Crippen molar-refractivity contribution in [3.8, 4) is 0 Å². The van der Waals surface area contributed by atoms with E-state index in [-0.39, 0.29) is 0 Å². The van der Waals surface area contributed by atoms with E-state index in [9.17, 15) is 0 Å². The van der Waals surface area contributed by atoms with Crippen LogP contribution in [0, 0.1) is 7.05 Å². The molecule has 0 aliphatic heterocycles. The van der Waals surface area contributed by atoms with Gasteiger partial charge >= 0.3 is 0 Å². The van der Waals surface area contributed by atoms with E-state index < -0.39 is 0 Å². The van der Waals surface area contributed by atoms with Crippen LogP contribution >= 0.6 is 0 Å². The molecule has 0 bridgehead atoms. The first-order valence-electron chi connectivity index (χ1n) is 5.81. The fraction of sp³-hybridized carbons (Fsp3) is 0.538. The quantitative estimate of drug-likeness (QED) is 0.531. The fourth-order valence-corrected chi connectivity index (χ4v) is 1.16. The summed E-state index contributed by atoms with van der Waals surface area (Å²) in [5.74, 6) is 0. The van der Waals surface area contributed by atoms with Gasteiger partial charge < -0.3 is 10.2 Å². The fourth-order valence-electron chi connectivity index (χ4n) is 1.16. The van der Waals surface area contributed by atoms with E-state index in [2.05, 4.69) is 35.8 Å². The lowest BCUT2D eigenvalue weighted by Crippen LogP contribution is -2.30. The second kappa shape index (κ2) is 13.9. The average Bonchev–Trinajstić information content (AvgIpc) is 2.33. The molecule has 1 N–H and O–H groups in total. The molecule has 0 unspecified atom stereocenters. The molecule has 0 heterocycles. The molecule has 0 saturated heterocycles. The highest BCUT2D eigenvalue weighted by atomic mass is 15.1. The average molecular weight is 224 g/mol. The molecule has 0 rings (SSSR count). The third-order valence-corrected chi connectivity index (χ3v) is 1.89. The van der Waals surface area contributed by atoms with Crippen LogP contribution in [0.25, 0.3) is 0 Å². The maximum absolute atomic E-state index is 3.78. The summed E-state index contributed by atoms with van der Waals surface area (Å²) in [6.07, 6.45) is 5.45. The monoisotopic (exact) mass is 224 g/mol. The first-order chi connectivity index (χ1) is 7.79. The van der Waals surface area contributed by atoms with Gasteiger partial charge in [0.2, 0.25) is 0 Å². The molecule has 93 valence electrons. The van der Waals surface area contributed by atoms with Gasteiger partial charge in [-0.3, -0.25) is 4.99 Å². The Labute approximate surface area is 101 Å². The Bertz CT molecular complexity index is 207. The number of nitrogens with zero attached hydrogens (tertiary/aromatic N) is 2. The molecule has 0 aliphatic carbocycles. The van der Waals surface area contributed by atoms with Crippen LogP contribution in [0.2, 0.25) is 0 Å². The Morgan fingerprint density at radius 3 is 2.44 bits per heavy atom. The van der Waals surface area contributed by atoms with E-state index in [1.807, 2.05) is 27.0 Å². The van der Waals surface area contributed by atoms with Gasteiger partial charge in [-0.25, -0.2) is 0 Å². The normalized spacial score (nSPS) is 10.9. The largest absolute Gasteiger partial charge is 0.369 e. The maximum Gasteiger partial charge on any atom is 0.0586 e. The van der Waals surface area contributed by atoms with Gasteiger partial charge in [0, 0.05) is 25.8 Å². The van der Waals surface area contributed by atoms with Gasteiger partial charge in [-0.05, 0) is 20.0 Å². The summed E-state index contributed by atoms with van der Waals surface area (Å²) in [6.45, 7) is 12.7. The van der Waals surface area contributed by atoms with Gasteiger partial charge in [0.1, 0.15) is 0 Å². The van der Waals surface area contributed by atoms with Crippen molar-refractivity contribution >= 4 is 6.21 Å². The summed E-state index contributed by atoms with van der Waals surface area (Å²) in [5.41, 5.74) is 1.05. The van der Waals surface area contributed by atoms with E-state index in [0.717, 1.165) is 25.3 Å². The summed E-state index contributed by atoms with van der Waals surface area (Å²) in [7, 11) is 5.40. The number of allylic oxidation sites excluding steroid dienone is 3. The van der Waals surface area contributed by atoms with Crippen molar-refractivity contribution in [3.05, 3.63) is 31.5 Å². The summed E-state index contributed by atoms with van der Waals surface area (Å²) in [6, 6.07) is 0. The summed E-state index contributed by atoms with van der Waals surface area (Å²) >= 11 is 0. The van der Waals surface area contributed by atoms with Crippen LogP contribution in [0.4, 0.5) is 0 Å². The van der Waals surface area contributed by atoms with E-state index in [1.54, 1.807) is 12.3 Å². The van der Waals surface area contributed by atoms with E-state index in [0.29, 0.717) is 0 Å². The molecule has 3 heteroatoms.